The first-order valence-electron chi connectivity index (χ1n) is 16.9. The van der Waals surface area contributed by atoms with Crippen LogP contribution in [0.25, 0.3) is 5.57 Å². The first-order chi connectivity index (χ1) is 24.2. The molecule has 0 unspecified atom stereocenters. The highest BCUT2D eigenvalue weighted by atomic mass is 32.2. The molecular weight excluding hydrogens is 611 g/mol. The SMILES string of the molecule is CCCC[B-](c1ccccc1)(c1ccccc1)c1ccccc1.N#CC(C#N)=C(C[S+](c1ccccc1)c1ccccc1)c1ccccc1. The van der Waals surface area contributed by atoms with Gasteiger partial charge in [0.1, 0.15) is 23.5 Å². The monoisotopic (exact) mass is 652 g/mol. The highest BCUT2D eigenvalue weighted by Gasteiger charge is 2.30. The van der Waals surface area contributed by atoms with Crippen molar-refractivity contribution in [3.63, 3.8) is 0 Å². The molecule has 0 radical (unpaired) electrons. The number of rotatable bonds is 11. The van der Waals surface area contributed by atoms with Gasteiger partial charge >= 0.3 is 0 Å². The Morgan fingerprint density at radius 2 is 0.857 bits per heavy atom. The molecule has 0 heterocycles. The molecule has 0 aromatic heterocycles. The third kappa shape index (κ3) is 8.68. The van der Waals surface area contributed by atoms with Gasteiger partial charge in [0.05, 0.1) is 17.0 Å². The van der Waals surface area contributed by atoms with Crippen LogP contribution in [0.4, 0.5) is 0 Å². The molecule has 0 saturated carbocycles. The zero-order valence-corrected chi connectivity index (χ0v) is 28.8. The van der Waals surface area contributed by atoms with E-state index in [1.807, 2.05) is 66.7 Å². The van der Waals surface area contributed by atoms with E-state index in [0.717, 1.165) is 11.1 Å². The van der Waals surface area contributed by atoms with Gasteiger partial charge in [-0.1, -0.05) is 177 Å². The summed E-state index contributed by atoms with van der Waals surface area (Å²) in [5.41, 5.74) is 6.23. The van der Waals surface area contributed by atoms with E-state index in [2.05, 4.69) is 134 Å². The van der Waals surface area contributed by atoms with Crippen LogP contribution >= 0.6 is 0 Å². The van der Waals surface area contributed by atoms with Crippen LogP contribution in [-0.4, -0.2) is 11.9 Å². The Balaban J connectivity index is 0.000000192. The summed E-state index contributed by atoms with van der Waals surface area (Å²) in [6, 6.07) is 67.6. The first-order valence-corrected chi connectivity index (χ1v) is 18.3. The molecule has 0 N–H and O–H groups in total. The van der Waals surface area contributed by atoms with Gasteiger partial charge in [0.15, 0.2) is 9.79 Å². The van der Waals surface area contributed by atoms with Crippen LogP contribution < -0.4 is 16.4 Å². The van der Waals surface area contributed by atoms with Gasteiger partial charge in [0.25, 0.3) is 0 Å². The van der Waals surface area contributed by atoms with Crippen LogP contribution in [0.1, 0.15) is 25.3 Å². The molecule has 0 spiro atoms. The molecule has 0 bridgehead atoms. The smallest absolute Gasteiger partial charge is 0.161 e. The van der Waals surface area contributed by atoms with Gasteiger partial charge in [-0.05, 0) is 29.8 Å². The average Bonchev–Trinajstić information content (AvgIpc) is 3.19. The molecular formula is C45H41BN2S. The van der Waals surface area contributed by atoms with Crippen molar-refractivity contribution in [1.82, 2.24) is 0 Å². The van der Waals surface area contributed by atoms with E-state index in [-0.39, 0.29) is 16.5 Å². The van der Waals surface area contributed by atoms with Crippen molar-refractivity contribution < 1.29 is 0 Å². The molecule has 4 heteroatoms. The summed E-state index contributed by atoms with van der Waals surface area (Å²) < 4.78 is 0. The molecule has 2 nitrogen and oxygen atoms in total. The molecule has 240 valence electrons. The molecule has 49 heavy (non-hydrogen) atoms. The number of nitriles is 2. The third-order valence-corrected chi connectivity index (χ3v) is 11.3. The van der Waals surface area contributed by atoms with Gasteiger partial charge in [-0.25, -0.2) is 0 Å². The second-order valence-electron chi connectivity index (χ2n) is 12.0. The second-order valence-corrected chi connectivity index (χ2v) is 14.0. The zero-order chi connectivity index (χ0) is 34.2. The summed E-state index contributed by atoms with van der Waals surface area (Å²) in [6.07, 6.45) is 2.73. The first kappa shape index (κ1) is 34.8. The highest BCUT2D eigenvalue weighted by Crippen LogP contribution is 2.30. The molecule has 6 aromatic rings. The minimum Gasteiger partial charge on any atom is -0.200 e. The van der Waals surface area contributed by atoms with Crippen molar-refractivity contribution >= 4 is 39.0 Å². The van der Waals surface area contributed by atoms with Crippen molar-refractivity contribution in [2.45, 2.75) is 35.9 Å². The topological polar surface area (TPSA) is 47.6 Å². The third-order valence-electron chi connectivity index (χ3n) is 9.09. The predicted octanol–water partition coefficient (Wildman–Crippen LogP) is 9.18. The fourth-order valence-corrected chi connectivity index (χ4v) is 8.82. The number of nitrogens with zero attached hydrogens (tertiary/aromatic N) is 2. The minimum absolute atomic E-state index is 0.181. The van der Waals surface area contributed by atoms with Crippen LogP contribution in [0.3, 0.4) is 0 Å². The molecule has 0 fully saturated rings. The largest absolute Gasteiger partial charge is 0.200 e. The van der Waals surface area contributed by atoms with E-state index >= 15 is 0 Å². The van der Waals surface area contributed by atoms with Crippen LogP contribution in [0.5, 0.6) is 0 Å². The summed E-state index contributed by atoms with van der Waals surface area (Å²) in [5, 5.41) is 19.0. The summed E-state index contributed by atoms with van der Waals surface area (Å²) in [7, 11) is -0.266. The van der Waals surface area contributed by atoms with Crippen molar-refractivity contribution in [3.8, 4) is 12.1 Å². The van der Waals surface area contributed by atoms with E-state index in [1.54, 1.807) is 0 Å². The number of benzene rings is 6. The molecule has 6 rings (SSSR count). The summed E-state index contributed by atoms with van der Waals surface area (Å²) >= 11 is 0. The molecule has 0 saturated heterocycles. The molecule has 0 atom stereocenters. The predicted molar refractivity (Wildman–Crippen MR) is 210 cm³/mol. The number of hydrogen-bond donors (Lipinski definition) is 0. The summed E-state index contributed by atoms with van der Waals surface area (Å²) in [6.45, 7) is 2.28. The zero-order valence-electron chi connectivity index (χ0n) is 28.0. The summed E-state index contributed by atoms with van der Waals surface area (Å²) in [4.78, 5) is 2.39. The van der Waals surface area contributed by atoms with Gasteiger partial charge < -0.3 is 0 Å². The molecule has 0 aliphatic heterocycles. The van der Waals surface area contributed by atoms with Gasteiger partial charge in [0, 0.05) is 5.57 Å². The van der Waals surface area contributed by atoms with Crippen molar-refractivity contribution in [3.05, 3.63) is 193 Å². The van der Waals surface area contributed by atoms with Gasteiger partial charge in [0.2, 0.25) is 0 Å². The Labute approximate surface area is 295 Å². The van der Waals surface area contributed by atoms with Crippen LogP contribution in [0.15, 0.2) is 197 Å². The van der Waals surface area contributed by atoms with E-state index in [9.17, 15) is 10.5 Å². The Bertz CT molecular complexity index is 1820. The molecule has 0 amide bonds. The fourth-order valence-electron chi connectivity index (χ4n) is 6.65. The van der Waals surface area contributed by atoms with Gasteiger partial charge in [-0.15, -0.1) is 0 Å². The quantitative estimate of drug-likeness (QED) is 0.0796. The minimum atomic E-state index is -0.913. The average molecular weight is 653 g/mol. The Morgan fingerprint density at radius 3 is 1.20 bits per heavy atom. The number of hydrogen-bond acceptors (Lipinski definition) is 2. The lowest BCUT2D eigenvalue weighted by Gasteiger charge is -2.43. The Hall–Kier alpha value is -5.55. The molecule has 0 aliphatic rings. The van der Waals surface area contributed by atoms with Crippen molar-refractivity contribution in [2.24, 2.45) is 0 Å². The lowest BCUT2D eigenvalue weighted by Crippen LogP contribution is -2.66. The lowest BCUT2D eigenvalue weighted by molar-refractivity contribution is 0.874. The molecule has 0 aliphatic carbocycles. The van der Waals surface area contributed by atoms with E-state index < -0.39 is 6.15 Å². The maximum atomic E-state index is 9.48. The second kappa shape index (κ2) is 18.1. The van der Waals surface area contributed by atoms with Gasteiger partial charge in [-0.3, -0.25) is 0 Å². The number of allylic oxidation sites excluding steroid dienone is 1. The van der Waals surface area contributed by atoms with E-state index in [0.29, 0.717) is 5.75 Å². The highest BCUT2D eigenvalue weighted by molar-refractivity contribution is 7.97. The maximum absolute atomic E-state index is 9.48. The van der Waals surface area contributed by atoms with Crippen molar-refractivity contribution in [2.75, 3.05) is 5.75 Å². The Morgan fingerprint density at radius 1 is 0.510 bits per heavy atom. The fraction of sp³-hybridized carbons (Fsp3) is 0.111. The van der Waals surface area contributed by atoms with Gasteiger partial charge in [-0.2, -0.15) is 33.2 Å². The van der Waals surface area contributed by atoms with Crippen LogP contribution in [0.2, 0.25) is 6.32 Å². The number of unbranched alkanes of at least 4 members (excludes halogenated alkanes) is 1. The maximum Gasteiger partial charge on any atom is 0.161 e. The Kier molecular flexibility index (Phi) is 12.9. The van der Waals surface area contributed by atoms with E-state index in [1.165, 1.54) is 45.3 Å². The van der Waals surface area contributed by atoms with Crippen molar-refractivity contribution in [1.29, 1.82) is 10.5 Å². The molecule has 6 aromatic carbocycles. The van der Waals surface area contributed by atoms with Crippen LogP contribution in [-0.2, 0) is 10.9 Å². The van der Waals surface area contributed by atoms with Crippen LogP contribution in [0, 0.1) is 22.7 Å². The normalized spacial score (nSPS) is 10.6. The summed E-state index contributed by atoms with van der Waals surface area (Å²) in [5.74, 6) is 0.620. The lowest BCUT2D eigenvalue weighted by atomic mass is 9.14. The van der Waals surface area contributed by atoms with E-state index in [4.69, 9.17) is 0 Å². The standard InChI is InChI=1S/C23H17N2S.C22H24B/c24-16-20(17-25)23(19-10-4-1-5-11-19)18-26(21-12-6-2-7-13-21)22-14-8-3-9-15-22;1-2-3-19-23(20-13-7-4-8-14-20,21-15-9-5-10-16-21)22-17-11-6-12-18-22/h1-15H,18H2;4-18H,2-3,19H2,1H3/q+1;-1.